The van der Waals surface area contributed by atoms with Gasteiger partial charge < -0.3 is 5.32 Å². The number of benzene rings is 1. The summed E-state index contributed by atoms with van der Waals surface area (Å²) in [5.74, 6) is -0.696. The summed E-state index contributed by atoms with van der Waals surface area (Å²) in [6.45, 7) is 1.59. The van der Waals surface area contributed by atoms with Crippen molar-refractivity contribution >= 4 is 10.0 Å². The summed E-state index contributed by atoms with van der Waals surface area (Å²) in [4.78, 5) is -0.244. The standard InChI is InChI=1S/C12H17FN2O2S/c1-15(10-6-8-14-9-7-10)18(16,17)12-5-3-2-4-11(12)13/h2-5,10,14H,6-9H2,1H3. The molecule has 1 aromatic carbocycles. The number of sulfonamides is 1. The zero-order valence-electron chi connectivity index (χ0n) is 10.3. The molecule has 1 aliphatic rings. The molecule has 6 heteroatoms. The molecule has 1 fully saturated rings. The Labute approximate surface area is 107 Å². The largest absolute Gasteiger partial charge is 0.317 e. The Balaban J connectivity index is 2.28. The Kier molecular flexibility index (Phi) is 3.99. The van der Waals surface area contributed by atoms with Crippen molar-refractivity contribution in [1.82, 2.24) is 9.62 Å². The van der Waals surface area contributed by atoms with Gasteiger partial charge in [0.25, 0.3) is 0 Å². The molecule has 0 atom stereocenters. The SMILES string of the molecule is CN(C1CCNCC1)S(=O)(=O)c1ccccc1F. The Hall–Kier alpha value is -0.980. The highest BCUT2D eigenvalue weighted by molar-refractivity contribution is 7.89. The highest BCUT2D eigenvalue weighted by atomic mass is 32.2. The van der Waals surface area contributed by atoms with Gasteiger partial charge in [0.2, 0.25) is 10.0 Å². The van der Waals surface area contributed by atoms with Crippen LogP contribution in [0.25, 0.3) is 0 Å². The van der Waals surface area contributed by atoms with Crippen LogP contribution in [0.2, 0.25) is 0 Å². The molecular formula is C12H17FN2O2S. The Morgan fingerprint density at radius 2 is 1.89 bits per heavy atom. The number of halogens is 1. The molecule has 0 radical (unpaired) electrons. The third-order valence-corrected chi connectivity index (χ3v) is 5.26. The zero-order valence-corrected chi connectivity index (χ0v) is 11.1. The molecule has 0 bridgehead atoms. The van der Waals surface area contributed by atoms with Gasteiger partial charge in [-0.1, -0.05) is 12.1 Å². The Bertz CT molecular complexity index is 513. The van der Waals surface area contributed by atoms with Gasteiger partial charge in [0.15, 0.2) is 0 Å². The fraction of sp³-hybridized carbons (Fsp3) is 0.500. The Morgan fingerprint density at radius 1 is 1.28 bits per heavy atom. The fourth-order valence-corrected chi connectivity index (χ4v) is 3.65. The second-order valence-corrected chi connectivity index (χ2v) is 6.40. The van der Waals surface area contributed by atoms with Crippen molar-refractivity contribution in [3.63, 3.8) is 0 Å². The van der Waals surface area contributed by atoms with Gasteiger partial charge in [0, 0.05) is 13.1 Å². The van der Waals surface area contributed by atoms with E-state index in [0.717, 1.165) is 25.9 Å². The number of rotatable bonds is 3. The molecule has 1 heterocycles. The monoisotopic (exact) mass is 272 g/mol. The summed E-state index contributed by atoms with van der Waals surface area (Å²) >= 11 is 0. The lowest BCUT2D eigenvalue weighted by Gasteiger charge is -2.30. The number of hydrogen-bond donors (Lipinski definition) is 1. The van der Waals surface area contributed by atoms with Gasteiger partial charge in [-0.05, 0) is 38.1 Å². The first-order valence-corrected chi connectivity index (χ1v) is 7.41. The normalized spacial score (nSPS) is 18.2. The van der Waals surface area contributed by atoms with Crippen molar-refractivity contribution in [2.75, 3.05) is 20.1 Å². The van der Waals surface area contributed by atoms with Crippen LogP contribution in [0.15, 0.2) is 29.2 Å². The average Bonchev–Trinajstić information content (AvgIpc) is 2.39. The molecule has 1 N–H and O–H groups in total. The van der Waals surface area contributed by atoms with Crippen LogP contribution in [0, 0.1) is 5.82 Å². The maximum Gasteiger partial charge on any atom is 0.245 e. The van der Waals surface area contributed by atoms with Gasteiger partial charge in [0.05, 0.1) is 0 Å². The lowest BCUT2D eigenvalue weighted by Crippen LogP contribution is -2.44. The minimum atomic E-state index is -3.74. The molecule has 0 unspecified atom stereocenters. The van der Waals surface area contributed by atoms with E-state index in [4.69, 9.17) is 0 Å². The van der Waals surface area contributed by atoms with E-state index in [2.05, 4.69) is 5.32 Å². The van der Waals surface area contributed by atoms with Crippen LogP contribution in [0.3, 0.4) is 0 Å². The van der Waals surface area contributed by atoms with Crippen LogP contribution < -0.4 is 5.32 Å². The molecule has 1 aliphatic heterocycles. The highest BCUT2D eigenvalue weighted by Crippen LogP contribution is 2.22. The van der Waals surface area contributed by atoms with Crippen LogP contribution >= 0.6 is 0 Å². The molecule has 100 valence electrons. The predicted molar refractivity (Wildman–Crippen MR) is 67.2 cm³/mol. The molecular weight excluding hydrogens is 255 g/mol. The van der Waals surface area contributed by atoms with E-state index in [1.165, 1.54) is 35.6 Å². The lowest BCUT2D eigenvalue weighted by molar-refractivity contribution is 0.295. The van der Waals surface area contributed by atoms with E-state index in [0.29, 0.717) is 0 Å². The van der Waals surface area contributed by atoms with Crippen LogP contribution in [-0.4, -0.2) is 38.9 Å². The topological polar surface area (TPSA) is 49.4 Å². The van der Waals surface area contributed by atoms with Crippen molar-refractivity contribution < 1.29 is 12.8 Å². The molecule has 1 saturated heterocycles. The second kappa shape index (κ2) is 5.34. The minimum absolute atomic E-state index is 0.0594. The van der Waals surface area contributed by atoms with E-state index in [-0.39, 0.29) is 10.9 Å². The van der Waals surface area contributed by atoms with E-state index in [1.807, 2.05) is 0 Å². The molecule has 2 rings (SSSR count). The minimum Gasteiger partial charge on any atom is -0.317 e. The predicted octanol–water partition coefficient (Wildman–Crippen LogP) is 1.20. The molecule has 18 heavy (non-hydrogen) atoms. The third-order valence-electron chi connectivity index (χ3n) is 3.32. The van der Waals surface area contributed by atoms with E-state index in [9.17, 15) is 12.8 Å². The van der Waals surface area contributed by atoms with Crippen molar-refractivity contribution in [3.8, 4) is 0 Å². The van der Waals surface area contributed by atoms with Crippen molar-refractivity contribution in [2.45, 2.75) is 23.8 Å². The maximum atomic E-state index is 13.6. The van der Waals surface area contributed by atoms with E-state index >= 15 is 0 Å². The van der Waals surface area contributed by atoms with Crippen molar-refractivity contribution in [1.29, 1.82) is 0 Å². The van der Waals surface area contributed by atoms with Crippen LogP contribution in [0.5, 0.6) is 0 Å². The first-order valence-electron chi connectivity index (χ1n) is 5.97. The molecule has 0 aliphatic carbocycles. The van der Waals surface area contributed by atoms with E-state index in [1.54, 1.807) is 0 Å². The quantitative estimate of drug-likeness (QED) is 0.899. The average molecular weight is 272 g/mol. The summed E-state index contributed by atoms with van der Waals surface area (Å²) in [7, 11) is -2.21. The zero-order chi connectivity index (χ0) is 13.2. The summed E-state index contributed by atoms with van der Waals surface area (Å²) in [6, 6.07) is 5.44. The van der Waals surface area contributed by atoms with Gasteiger partial charge in [-0.15, -0.1) is 0 Å². The van der Waals surface area contributed by atoms with Crippen LogP contribution in [0.4, 0.5) is 4.39 Å². The second-order valence-electron chi connectivity index (χ2n) is 4.43. The fourth-order valence-electron chi connectivity index (χ4n) is 2.18. The smallest absolute Gasteiger partial charge is 0.245 e. The lowest BCUT2D eigenvalue weighted by atomic mass is 10.1. The van der Waals surface area contributed by atoms with Gasteiger partial charge >= 0.3 is 0 Å². The molecule has 0 spiro atoms. The molecule has 0 amide bonds. The molecule has 1 aromatic rings. The van der Waals surface area contributed by atoms with Crippen molar-refractivity contribution in [3.05, 3.63) is 30.1 Å². The number of hydrogen-bond acceptors (Lipinski definition) is 3. The first kappa shape index (κ1) is 13.5. The van der Waals surface area contributed by atoms with Gasteiger partial charge in [-0.2, -0.15) is 4.31 Å². The molecule has 0 saturated carbocycles. The molecule has 4 nitrogen and oxygen atoms in total. The van der Waals surface area contributed by atoms with Gasteiger partial charge in [-0.25, -0.2) is 12.8 Å². The summed E-state index contributed by atoms with van der Waals surface area (Å²) in [6.07, 6.45) is 1.51. The Morgan fingerprint density at radius 3 is 2.50 bits per heavy atom. The van der Waals surface area contributed by atoms with E-state index < -0.39 is 15.8 Å². The third kappa shape index (κ3) is 2.55. The number of piperidine rings is 1. The number of nitrogens with one attached hydrogen (secondary N) is 1. The maximum absolute atomic E-state index is 13.6. The van der Waals surface area contributed by atoms with Crippen LogP contribution in [0.1, 0.15) is 12.8 Å². The summed E-state index contributed by atoms with van der Waals surface area (Å²) in [5, 5.41) is 3.18. The van der Waals surface area contributed by atoms with Crippen molar-refractivity contribution in [2.24, 2.45) is 0 Å². The van der Waals surface area contributed by atoms with Crippen LogP contribution in [-0.2, 0) is 10.0 Å². The van der Waals surface area contributed by atoms with Gasteiger partial charge in [0.1, 0.15) is 10.7 Å². The summed E-state index contributed by atoms with van der Waals surface area (Å²) < 4.78 is 39.5. The molecule has 0 aromatic heterocycles. The summed E-state index contributed by atoms with van der Waals surface area (Å²) in [5.41, 5.74) is 0. The first-order chi connectivity index (χ1) is 8.53. The van der Waals surface area contributed by atoms with Gasteiger partial charge in [-0.3, -0.25) is 0 Å². The highest BCUT2D eigenvalue weighted by Gasteiger charge is 2.30. The number of nitrogens with zero attached hydrogens (tertiary/aromatic N) is 1.